The summed E-state index contributed by atoms with van der Waals surface area (Å²) in [6.07, 6.45) is 2.30. The molecular formula is C13H17N5O2. The van der Waals surface area contributed by atoms with Gasteiger partial charge < -0.3 is 15.4 Å². The number of hydrogen-bond acceptors (Lipinski definition) is 5. The van der Waals surface area contributed by atoms with Gasteiger partial charge in [0, 0.05) is 25.2 Å². The molecule has 1 atom stereocenters. The summed E-state index contributed by atoms with van der Waals surface area (Å²) in [7, 11) is 0. The fraction of sp³-hybridized carbons (Fsp3) is 0.462. The highest BCUT2D eigenvalue weighted by Crippen LogP contribution is 2.03. The minimum Gasteiger partial charge on any atom is -0.378 e. The smallest absolute Gasteiger partial charge is 0.222 e. The van der Waals surface area contributed by atoms with Gasteiger partial charge in [-0.3, -0.25) is 9.20 Å². The first-order chi connectivity index (χ1) is 9.83. The van der Waals surface area contributed by atoms with Crippen molar-refractivity contribution in [2.75, 3.05) is 19.8 Å². The molecule has 106 valence electrons. The third kappa shape index (κ3) is 2.94. The van der Waals surface area contributed by atoms with Crippen molar-refractivity contribution in [3.63, 3.8) is 0 Å². The van der Waals surface area contributed by atoms with E-state index in [1.54, 1.807) is 0 Å². The van der Waals surface area contributed by atoms with Crippen LogP contribution in [0, 0.1) is 0 Å². The molecule has 2 aromatic rings. The lowest BCUT2D eigenvalue weighted by Gasteiger charge is -2.23. The number of pyridine rings is 1. The molecule has 1 unspecified atom stereocenters. The molecule has 1 aliphatic rings. The summed E-state index contributed by atoms with van der Waals surface area (Å²) in [6.45, 7) is 2.47. The lowest BCUT2D eigenvalue weighted by atomic mass is 10.2. The van der Waals surface area contributed by atoms with Crippen LogP contribution in [-0.2, 0) is 16.1 Å². The largest absolute Gasteiger partial charge is 0.378 e. The van der Waals surface area contributed by atoms with Gasteiger partial charge in [-0.2, -0.15) is 0 Å². The lowest BCUT2D eigenvalue weighted by Crippen LogP contribution is -2.44. The first-order valence-electron chi connectivity index (χ1n) is 6.69. The summed E-state index contributed by atoms with van der Waals surface area (Å²) in [5.41, 5.74) is 0.777. The Balaban J connectivity index is 1.54. The molecule has 1 saturated heterocycles. The quantitative estimate of drug-likeness (QED) is 0.802. The summed E-state index contributed by atoms with van der Waals surface area (Å²) < 4.78 is 7.19. The Bertz CT molecular complexity index is 591. The van der Waals surface area contributed by atoms with E-state index in [4.69, 9.17) is 4.74 Å². The molecule has 0 radical (unpaired) electrons. The highest BCUT2D eigenvalue weighted by Gasteiger charge is 2.17. The van der Waals surface area contributed by atoms with Crippen LogP contribution in [0.4, 0.5) is 0 Å². The zero-order valence-corrected chi connectivity index (χ0v) is 11.1. The van der Waals surface area contributed by atoms with Gasteiger partial charge in [0.05, 0.1) is 19.8 Å². The molecule has 0 saturated carbocycles. The van der Waals surface area contributed by atoms with Crippen LogP contribution >= 0.6 is 0 Å². The Labute approximate surface area is 116 Å². The van der Waals surface area contributed by atoms with Crippen LogP contribution in [0.15, 0.2) is 24.4 Å². The van der Waals surface area contributed by atoms with Gasteiger partial charge in [-0.15, -0.1) is 10.2 Å². The number of carbonyl (C=O) groups is 1. The fourth-order valence-corrected chi connectivity index (χ4v) is 2.24. The second-order valence-electron chi connectivity index (χ2n) is 4.75. The van der Waals surface area contributed by atoms with E-state index in [9.17, 15) is 4.79 Å². The Morgan fingerprint density at radius 3 is 3.30 bits per heavy atom. The molecule has 7 nitrogen and oxygen atoms in total. The molecule has 1 aliphatic heterocycles. The molecule has 0 bridgehead atoms. The minimum atomic E-state index is -0.0133. The molecule has 0 aliphatic carbocycles. The molecule has 3 heterocycles. The normalized spacial score (nSPS) is 19.1. The maximum Gasteiger partial charge on any atom is 0.222 e. The molecular weight excluding hydrogens is 258 g/mol. The summed E-state index contributed by atoms with van der Waals surface area (Å²) in [5.74, 6) is 0.711. The van der Waals surface area contributed by atoms with Crippen molar-refractivity contribution in [3.05, 3.63) is 30.2 Å². The van der Waals surface area contributed by atoms with E-state index in [1.165, 1.54) is 0 Å². The van der Waals surface area contributed by atoms with E-state index in [0.29, 0.717) is 26.2 Å². The number of carbonyl (C=O) groups excluding carboxylic acids is 1. The van der Waals surface area contributed by atoms with E-state index in [2.05, 4.69) is 20.8 Å². The standard InChI is InChI=1S/C13H17N5O2/c19-13(7-10-9-20-6-4-14-10)15-8-12-17-16-11-3-1-2-5-18(11)12/h1-3,5,10,14H,4,6-9H2,(H,15,19). The van der Waals surface area contributed by atoms with Crippen LogP contribution in [-0.4, -0.2) is 46.3 Å². The highest BCUT2D eigenvalue weighted by molar-refractivity contribution is 5.76. The zero-order chi connectivity index (χ0) is 13.8. The number of nitrogens with one attached hydrogen (secondary N) is 2. The molecule has 7 heteroatoms. The van der Waals surface area contributed by atoms with E-state index in [-0.39, 0.29) is 11.9 Å². The number of morpholine rings is 1. The number of nitrogens with zero attached hydrogens (tertiary/aromatic N) is 3. The Morgan fingerprint density at radius 2 is 2.45 bits per heavy atom. The molecule has 1 fully saturated rings. The van der Waals surface area contributed by atoms with Crippen LogP contribution in [0.5, 0.6) is 0 Å². The Morgan fingerprint density at radius 1 is 1.50 bits per heavy atom. The maximum absolute atomic E-state index is 11.9. The van der Waals surface area contributed by atoms with Gasteiger partial charge in [-0.1, -0.05) is 6.07 Å². The van der Waals surface area contributed by atoms with Crippen LogP contribution in [0.3, 0.4) is 0 Å². The van der Waals surface area contributed by atoms with E-state index < -0.39 is 0 Å². The van der Waals surface area contributed by atoms with Gasteiger partial charge in [-0.05, 0) is 12.1 Å². The van der Waals surface area contributed by atoms with Crippen LogP contribution in [0.25, 0.3) is 5.65 Å². The van der Waals surface area contributed by atoms with Gasteiger partial charge in [0.25, 0.3) is 0 Å². The van der Waals surface area contributed by atoms with E-state index in [0.717, 1.165) is 18.0 Å². The first kappa shape index (κ1) is 13.0. The third-order valence-corrected chi connectivity index (χ3v) is 3.26. The van der Waals surface area contributed by atoms with Crippen molar-refractivity contribution in [2.24, 2.45) is 0 Å². The average Bonchev–Trinajstić information content (AvgIpc) is 2.89. The van der Waals surface area contributed by atoms with Crippen molar-refractivity contribution < 1.29 is 9.53 Å². The second kappa shape index (κ2) is 5.98. The van der Waals surface area contributed by atoms with Crippen LogP contribution < -0.4 is 10.6 Å². The molecule has 3 rings (SSSR count). The van der Waals surface area contributed by atoms with Crippen molar-refractivity contribution in [1.29, 1.82) is 0 Å². The average molecular weight is 275 g/mol. The summed E-state index contributed by atoms with van der Waals surface area (Å²) in [4.78, 5) is 11.9. The number of amides is 1. The summed E-state index contributed by atoms with van der Waals surface area (Å²) in [5, 5.41) is 14.2. The van der Waals surface area contributed by atoms with E-state index in [1.807, 2.05) is 28.8 Å². The third-order valence-electron chi connectivity index (χ3n) is 3.26. The molecule has 20 heavy (non-hydrogen) atoms. The summed E-state index contributed by atoms with van der Waals surface area (Å²) in [6, 6.07) is 5.78. The SMILES string of the molecule is O=C(CC1COCCN1)NCc1nnc2ccccn12. The molecule has 2 N–H and O–H groups in total. The molecule has 0 spiro atoms. The Hall–Kier alpha value is -1.99. The second-order valence-corrected chi connectivity index (χ2v) is 4.75. The highest BCUT2D eigenvalue weighted by atomic mass is 16.5. The van der Waals surface area contributed by atoms with Crippen LogP contribution in [0.2, 0.25) is 0 Å². The molecule has 2 aromatic heterocycles. The first-order valence-corrected chi connectivity index (χ1v) is 6.69. The van der Waals surface area contributed by atoms with Gasteiger partial charge in [-0.25, -0.2) is 0 Å². The summed E-state index contributed by atoms with van der Waals surface area (Å²) >= 11 is 0. The molecule has 0 aromatic carbocycles. The van der Waals surface area contributed by atoms with Crippen molar-refractivity contribution >= 4 is 11.6 Å². The van der Waals surface area contributed by atoms with Gasteiger partial charge >= 0.3 is 0 Å². The number of fused-ring (bicyclic) bond motifs is 1. The predicted octanol–water partition coefficient (Wildman–Crippen LogP) is -0.276. The predicted molar refractivity (Wildman–Crippen MR) is 72.1 cm³/mol. The fourth-order valence-electron chi connectivity index (χ4n) is 2.24. The number of rotatable bonds is 4. The van der Waals surface area contributed by atoms with Crippen molar-refractivity contribution in [3.8, 4) is 0 Å². The number of ether oxygens (including phenoxy) is 1. The van der Waals surface area contributed by atoms with Crippen LogP contribution in [0.1, 0.15) is 12.2 Å². The zero-order valence-electron chi connectivity index (χ0n) is 11.1. The van der Waals surface area contributed by atoms with E-state index >= 15 is 0 Å². The molecule has 1 amide bonds. The lowest BCUT2D eigenvalue weighted by molar-refractivity contribution is -0.122. The van der Waals surface area contributed by atoms with Crippen molar-refractivity contribution in [2.45, 2.75) is 19.0 Å². The van der Waals surface area contributed by atoms with Gasteiger partial charge in [0.2, 0.25) is 5.91 Å². The minimum absolute atomic E-state index is 0.0133. The van der Waals surface area contributed by atoms with Gasteiger partial charge in [0.1, 0.15) is 0 Å². The van der Waals surface area contributed by atoms with Crippen molar-refractivity contribution in [1.82, 2.24) is 25.2 Å². The monoisotopic (exact) mass is 275 g/mol. The van der Waals surface area contributed by atoms with Gasteiger partial charge in [0.15, 0.2) is 11.5 Å². The Kier molecular flexibility index (Phi) is 3.89. The topological polar surface area (TPSA) is 80.5 Å². The maximum atomic E-state index is 11.9. The number of aromatic nitrogens is 3. The number of hydrogen-bond donors (Lipinski definition) is 2.